The van der Waals surface area contributed by atoms with Crippen molar-refractivity contribution in [3.05, 3.63) is 65.2 Å². The van der Waals surface area contributed by atoms with Crippen LogP contribution in [0.25, 0.3) is 23.1 Å². The zero-order chi connectivity index (χ0) is 19.4. The highest BCUT2D eigenvalue weighted by molar-refractivity contribution is 5.90. The van der Waals surface area contributed by atoms with Crippen LogP contribution < -0.4 is 5.32 Å². The molecule has 4 nitrogen and oxygen atoms in total. The van der Waals surface area contributed by atoms with Gasteiger partial charge in [0.2, 0.25) is 0 Å². The highest BCUT2D eigenvalue weighted by Crippen LogP contribution is 2.22. The summed E-state index contributed by atoms with van der Waals surface area (Å²) in [6, 6.07) is 7.92. The van der Waals surface area contributed by atoms with Crippen molar-refractivity contribution in [1.29, 1.82) is 0 Å². The molecule has 0 fully saturated rings. The third-order valence-corrected chi connectivity index (χ3v) is 3.90. The molecule has 0 saturated carbocycles. The molecule has 1 N–H and O–H groups in total. The fraction of sp³-hybridized carbons (Fsp3) is 0.200. The number of nitrogens with zero attached hydrogens (tertiary/aromatic N) is 3. The van der Waals surface area contributed by atoms with E-state index in [4.69, 9.17) is 0 Å². The molecule has 1 heterocycles. The Bertz CT molecular complexity index is 986. The predicted molar refractivity (Wildman–Crippen MR) is 102 cm³/mol. The third kappa shape index (κ3) is 4.83. The molecule has 2 aromatic carbocycles. The van der Waals surface area contributed by atoms with E-state index in [2.05, 4.69) is 15.3 Å². The first-order chi connectivity index (χ1) is 12.9. The van der Waals surface area contributed by atoms with Crippen LogP contribution in [0.4, 0.5) is 19.0 Å². The average molecular weight is 372 g/mol. The molecule has 0 aliphatic heterocycles. The highest BCUT2D eigenvalue weighted by Gasteiger charge is 2.08. The summed E-state index contributed by atoms with van der Waals surface area (Å²) in [4.78, 5) is 10.8. The highest BCUT2D eigenvalue weighted by atomic mass is 19.2. The van der Waals surface area contributed by atoms with Crippen LogP contribution in [0.5, 0.6) is 0 Å². The Morgan fingerprint density at radius 2 is 1.78 bits per heavy atom. The number of hydrogen-bond acceptors (Lipinski definition) is 4. The lowest BCUT2D eigenvalue weighted by atomic mass is 10.2. The topological polar surface area (TPSA) is 41.0 Å². The molecule has 0 bridgehead atoms. The Balaban J connectivity index is 1.93. The van der Waals surface area contributed by atoms with Gasteiger partial charge in [0.15, 0.2) is 17.5 Å². The van der Waals surface area contributed by atoms with Gasteiger partial charge in [0.25, 0.3) is 0 Å². The van der Waals surface area contributed by atoms with Gasteiger partial charge < -0.3 is 10.2 Å². The van der Waals surface area contributed by atoms with E-state index in [0.29, 0.717) is 34.7 Å². The first-order valence-electron chi connectivity index (χ1n) is 8.41. The van der Waals surface area contributed by atoms with E-state index in [1.54, 1.807) is 18.2 Å². The van der Waals surface area contributed by atoms with E-state index in [0.717, 1.165) is 18.7 Å². The molecule has 0 amide bonds. The summed E-state index contributed by atoms with van der Waals surface area (Å²) >= 11 is 0. The quantitative estimate of drug-likeness (QED) is 0.704. The van der Waals surface area contributed by atoms with Gasteiger partial charge in [0, 0.05) is 18.5 Å². The van der Waals surface area contributed by atoms with Crippen LogP contribution >= 0.6 is 0 Å². The molecule has 27 heavy (non-hydrogen) atoms. The average Bonchev–Trinajstić information content (AvgIpc) is 2.62. The molecular weight excluding hydrogens is 353 g/mol. The van der Waals surface area contributed by atoms with Crippen molar-refractivity contribution >= 4 is 28.9 Å². The van der Waals surface area contributed by atoms with Crippen molar-refractivity contribution in [3.63, 3.8) is 0 Å². The van der Waals surface area contributed by atoms with Crippen molar-refractivity contribution < 1.29 is 13.2 Å². The van der Waals surface area contributed by atoms with Gasteiger partial charge in [-0.05, 0) is 56.1 Å². The summed E-state index contributed by atoms with van der Waals surface area (Å²) < 4.78 is 40.0. The van der Waals surface area contributed by atoms with Crippen molar-refractivity contribution in [2.24, 2.45) is 0 Å². The van der Waals surface area contributed by atoms with Gasteiger partial charge in [-0.3, -0.25) is 0 Å². The van der Waals surface area contributed by atoms with Crippen LogP contribution in [0.15, 0.2) is 36.4 Å². The second-order valence-electron chi connectivity index (χ2n) is 6.33. The number of rotatable bonds is 6. The molecule has 0 atom stereocenters. The van der Waals surface area contributed by atoms with Gasteiger partial charge in [-0.25, -0.2) is 23.1 Å². The number of likely N-dealkylation sites (N-methyl/N-ethyl adjacent to an activating group) is 1. The lowest BCUT2D eigenvalue weighted by Gasteiger charge is -2.13. The lowest BCUT2D eigenvalue weighted by molar-refractivity contribution is 0.425. The molecule has 0 aliphatic rings. The number of nitrogens with one attached hydrogen (secondary N) is 1. The molecule has 140 valence electrons. The summed E-state index contributed by atoms with van der Waals surface area (Å²) in [5.74, 6) is -1.29. The van der Waals surface area contributed by atoms with Crippen molar-refractivity contribution in [2.75, 3.05) is 32.5 Å². The van der Waals surface area contributed by atoms with Gasteiger partial charge in [-0.15, -0.1) is 0 Å². The molecule has 7 heteroatoms. The van der Waals surface area contributed by atoms with Gasteiger partial charge in [-0.2, -0.15) is 0 Å². The Labute approximate surface area is 155 Å². The van der Waals surface area contributed by atoms with Crippen LogP contribution in [0.2, 0.25) is 0 Å². The Hall–Kier alpha value is -2.93. The SMILES string of the molecule is CN(C)CCNc1nc(C=Cc2ccc(F)c(F)c2)nc2ccc(F)cc12. The molecule has 3 rings (SSSR count). The van der Waals surface area contributed by atoms with Crippen LogP contribution in [0, 0.1) is 17.5 Å². The van der Waals surface area contributed by atoms with Crippen molar-refractivity contribution in [1.82, 2.24) is 14.9 Å². The summed E-state index contributed by atoms with van der Waals surface area (Å²) in [6.07, 6.45) is 3.20. The second-order valence-corrected chi connectivity index (χ2v) is 6.33. The van der Waals surface area contributed by atoms with Crippen LogP contribution in [-0.4, -0.2) is 42.1 Å². The summed E-state index contributed by atoms with van der Waals surface area (Å²) in [5.41, 5.74) is 1.07. The monoisotopic (exact) mass is 372 g/mol. The molecule has 0 radical (unpaired) electrons. The molecule has 1 aromatic heterocycles. The van der Waals surface area contributed by atoms with E-state index in [-0.39, 0.29) is 5.82 Å². The molecule has 3 aromatic rings. The van der Waals surface area contributed by atoms with Crippen LogP contribution in [-0.2, 0) is 0 Å². The van der Waals surface area contributed by atoms with Gasteiger partial charge in [-0.1, -0.05) is 12.1 Å². The largest absolute Gasteiger partial charge is 0.368 e. The molecular formula is C20H19F3N4. The fourth-order valence-corrected chi connectivity index (χ4v) is 2.51. The maximum absolute atomic E-state index is 13.6. The zero-order valence-electron chi connectivity index (χ0n) is 15.0. The normalized spacial score (nSPS) is 11.6. The fourth-order valence-electron chi connectivity index (χ4n) is 2.51. The smallest absolute Gasteiger partial charge is 0.159 e. The minimum Gasteiger partial charge on any atom is -0.368 e. The van der Waals surface area contributed by atoms with E-state index in [1.165, 1.54) is 18.2 Å². The zero-order valence-corrected chi connectivity index (χ0v) is 15.0. The van der Waals surface area contributed by atoms with Crippen LogP contribution in [0.1, 0.15) is 11.4 Å². The Morgan fingerprint density at radius 3 is 2.52 bits per heavy atom. The molecule has 0 spiro atoms. The summed E-state index contributed by atoms with van der Waals surface area (Å²) in [7, 11) is 3.91. The van der Waals surface area contributed by atoms with Crippen LogP contribution in [0.3, 0.4) is 0 Å². The summed E-state index contributed by atoms with van der Waals surface area (Å²) in [5, 5.41) is 3.78. The lowest BCUT2D eigenvalue weighted by Crippen LogP contribution is -2.21. The maximum Gasteiger partial charge on any atom is 0.159 e. The first kappa shape index (κ1) is 18.8. The molecule has 0 aliphatic carbocycles. The van der Waals surface area contributed by atoms with E-state index in [9.17, 15) is 13.2 Å². The number of halogens is 3. The van der Waals surface area contributed by atoms with Gasteiger partial charge in [0.05, 0.1) is 5.52 Å². The van der Waals surface area contributed by atoms with Gasteiger partial charge >= 0.3 is 0 Å². The number of hydrogen-bond donors (Lipinski definition) is 1. The van der Waals surface area contributed by atoms with Crippen molar-refractivity contribution in [2.45, 2.75) is 0 Å². The van der Waals surface area contributed by atoms with Gasteiger partial charge in [0.1, 0.15) is 11.6 Å². The number of benzene rings is 2. The van der Waals surface area contributed by atoms with E-state index < -0.39 is 11.6 Å². The minimum absolute atomic E-state index is 0.369. The number of fused-ring (bicyclic) bond motifs is 1. The summed E-state index contributed by atoms with van der Waals surface area (Å²) in [6.45, 7) is 1.41. The minimum atomic E-state index is -0.918. The first-order valence-corrected chi connectivity index (χ1v) is 8.41. The predicted octanol–water partition coefficient (Wildman–Crippen LogP) is 4.19. The number of aromatic nitrogens is 2. The number of anilines is 1. The molecule has 0 unspecified atom stereocenters. The Morgan fingerprint density at radius 1 is 0.963 bits per heavy atom. The Kier molecular flexibility index (Phi) is 5.71. The van der Waals surface area contributed by atoms with E-state index in [1.807, 2.05) is 19.0 Å². The second kappa shape index (κ2) is 8.18. The standard InChI is InChI=1S/C20H19F3N4/c1-27(2)10-9-24-20-15-12-14(21)5-7-18(15)25-19(26-20)8-4-13-3-6-16(22)17(23)11-13/h3-8,11-12H,9-10H2,1-2H3,(H,24,25,26). The maximum atomic E-state index is 13.6. The van der Waals surface area contributed by atoms with Crippen molar-refractivity contribution in [3.8, 4) is 0 Å². The molecule has 0 saturated heterocycles. The third-order valence-electron chi connectivity index (χ3n) is 3.90. The van der Waals surface area contributed by atoms with E-state index >= 15 is 0 Å².